The van der Waals surface area contributed by atoms with E-state index < -0.39 is 0 Å². The van der Waals surface area contributed by atoms with Crippen LogP contribution in [0.4, 0.5) is 0 Å². The molecule has 0 atom stereocenters. The number of rotatable bonds is 12. The molecule has 0 aliphatic heterocycles. The Balaban J connectivity index is -0.000000322. The van der Waals surface area contributed by atoms with Crippen LogP contribution in [-0.2, 0) is 14.4 Å². The average Bonchev–Trinajstić information content (AvgIpc) is 2.59. The van der Waals surface area contributed by atoms with Crippen molar-refractivity contribution in [2.24, 2.45) is 17.2 Å². The molecular formula is C18H42N6O3. The smallest absolute Gasteiger partial charge is 0.216 e. The molecule has 27 heavy (non-hydrogen) atoms. The minimum atomic E-state index is 0.0125. The molecule has 0 aromatic carbocycles. The summed E-state index contributed by atoms with van der Waals surface area (Å²) >= 11 is 0. The molecule has 9 heteroatoms. The van der Waals surface area contributed by atoms with Gasteiger partial charge in [-0.3, -0.25) is 14.4 Å². The Hall–Kier alpha value is -1.71. The highest BCUT2D eigenvalue weighted by atomic mass is 16.2. The Labute approximate surface area is 164 Å². The van der Waals surface area contributed by atoms with Gasteiger partial charge < -0.3 is 33.2 Å². The van der Waals surface area contributed by atoms with Gasteiger partial charge in [-0.2, -0.15) is 0 Å². The van der Waals surface area contributed by atoms with E-state index >= 15 is 0 Å². The van der Waals surface area contributed by atoms with Crippen LogP contribution in [0.5, 0.6) is 0 Å². The SMILES string of the molecule is CC(=O)NCCCCCN.CC(=O)NCCCCN.CC(=O)NCCCN. The number of nitrogens with one attached hydrogen (secondary N) is 3. The van der Waals surface area contributed by atoms with E-state index in [0.717, 1.165) is 58.2 Å². The monoisotopic (exact) mass is 390 g/mol. The zero-order valence-electron chi connectivity index (χ0n) is 17.4. The molecule has 0 heterocycles. The normalized spacial score (nSPS) is 9.11. The third-order valence-corrected chi connectivity index (χ3v) is 3.01. The fraction of sp³-hybridized carbons (Fsp3) is 0.833. The summed E-state index contributed by atoms with van der Waals surface area (Å²) < 4.78 is 0. The summed E-state index contributed by atoms with van der Waals surface area (Å²) in [4.78, 5) is 30.8. The number of carbonyl (C=O) groups excluding carboxylic acids is 3. The second kappa shape index (κ2) is 26.5. The number of amides is 3. The lowest BCUT2D eigenvalue weighted by Crippen LogP contribution is -2.22. The Morgan fingerprint density at radius 3 is 1.15 bits per heavy atom. The highest BCUT2D eigenvalue weighted by Gasteiger charge is 1.89. The number of hydrogen-bond donors (Lipinski definition) is 6. The van der Waals surface area contributed by atoms with E-state index in [9.17, 15) is 14.4 Å². The molecule has 9 N–H and O–H groups in total. The van der Waals surface area contributed by atoms with Crippen molar-refractivity contribution in [2.45, 2.75) is 59.3 Å². The lowest BCUT2D eigenvalue weighted by Gasteiger charge is -1.99. The molecule has 0 saturated carbocycles. The lowest BCUT2D eigenvalue weighted by molar-refractivity contribution is -0.119. The van der Waals surface area contributed by atoms with Crippen molar-refractivity contribution in [1.29, 1.82) is 0 Å². The average molecular weight is 391 g/mol. The van der Waals surface area contributed by atoms with E-state index in [0.29, 0.717) is 19.6 Å². The van der Waals surface area contributed by atoms with E-state index in [2.05, 4.69) is 16.0 Å². The minimum absolute atomic E-state index is 0.0125. The second-order valence-corrected chi connectivity index (χ2v) is 5.94. The summed E-state index contributed by atoms with van der Waals surface area (Å²) in [7, 11) is 0. The van der Waals surface area contributed by atoms with Gasteiger partial charge in [0.05, 0.1) is 0 Å². The summed E-state index contributed by atoms with van der Waals surface area (Å²) in [5.74, 6) is 0.0956. The van der Waals surface area contributed by atoms with Crippen LogP contribution in [-0.4, -0.2) is 57.0 Å². The van der Waals surface area contributed by atoms with Gasteiger partial charge in [0.1, 0.15) is 0 Å². The summed E-state index contributed by atoms with van der Waals surface area (Å²) in [6.07, 6.45) is 6.03. The first-order valence-corrected chi connectivity index (χ1v) is 9.65. The van der Waals surface area contributed by atoms with Crippen LogP contribution >= 0.6 is 0 Å². The Morgan fingerprint density at radius 1 is 0.519 bits per heavy atom. The molecule has 0 unspecified atom stereocenters. The van der Waals surface area contributed by atoms with Crippen molar-refractivity contribution in [2.75, 3.05) is 39.3 Å². The highest BCUT2D eigenvalue weighted by Crippen LogP contribution is 1.90. The largest absolute Gasteiger partial charge is 0.356 e. The zero-order chi connectivity index (χ0) is 21.3. The first kappa shape index (κ1) is 30.0. The van der Waals surface area contributed by atoms with E-state index in [1.165, 1.54) is 20.8 Å². The fourth-order valence-corrected chi connectivity index (χ4v) is 1.61. The van der Waals surface area contributed by atoms with Crippen molar-refractivity contribution in [1.82, 2.24) is 16.0 Å². The Morgan fingerprint density at radius 2 is 0.815 bits per heavy atom. The van der Waals surface area contributed by atoms with Crippen molar-refractivity contribution < 1.29 is 14.4 Å². The molecule has 3 amide bonds. The third kappa shape index (κ3) is 45.5. The zero-order valence-corrected chi connectivity index (χ0v) is 17.4. The van der Waals surface area contributed by atoms with Crippen LogP contribution < -0.4 is 33.2 Å². The van der Waals surface area contributed by atoms with E-state index in [-0.39, 0.29) is 17.7 Å². The van der Waals surface area contributed by atoms with Crippen LogP contribution in [0, 0.1) is 0 Å². The maximum atomic E-state index is 10.3. The van der Waals surface area contributed by atoms with Crippen LogP contribution in [0.1, 0.15) is 59.3 Å². The molecule has 0 rings (SSSR count). The quantitative estimate of drug-likeness (QED) is 0.248. The number of nitrogens with two attached hydrogens (primary N) is 3. The highest BCUT2D eigenvalue weighted by molar-refractivity contribution is 5.73. The molecule has 0 aromatic rings. The summed E-state index contributed by atoms with van der Waals surface area (Å²) in [6, 6.07) is 0. The van der Waals surface area contributed by atoms with E-state index in [4.69, 9.17) is 17.2 Å². The molecular weight excluding hydrogens is 348 g/mol. The van der Waals surface area contributed by atoms with Crippen LogP contribution in [0.3, 0.4) is 0 Å². The molecule has 0 aliphatic carbocycles. The van der Waals surface area contributed by atoms with Gasteiger partial charge in [0.15, 0.2) is 0 Å². The van der Waals surface area contributed by atoms with Crippen molar-refractivity contribution in [3.8, 4) is 0 Å². The van der Waals surface area contributed by atoms with Gasteiger partial charge in [0.2, 0.25) is 17.7 Å². The molecule has 162 valence electrons. The number of hydrogen-bond acceptors (Lipinski definition) is 6. The van der Waals surface area contributed by atoms with Crippen LogP contribution in [0.2, 0.25) is 0 Å². The number of carbonyl (C=O) groups is 3. The predicted octanol–water partition coefficient (Wildman–Crippen LogP) is -0.416. The van der Waals surface area contributed by atoms with Crippen LogP contribution in [0.25, 0.3) is 0 Å². The van der Waals surface area contributed by atoms with Crippen LogP contribution in [0.15, 0.2) is 0 Å². The maximum absolute atomic E-state index is 10.3. The summed E-state index contributed by atoms with van der Waals surface area (Å²) in [6.45, 7) is 8.88. The topological polar surface area (TPSA) is 165 Å². The summed E-state index contributed by atoms with van der Waals surface area (Å²) in [5, 5.41) is 8.04. The van der Waals surface area contributed by atoms with Gasteiger partial charge >= 0.3 is 0 Å². The van der Waals surface area contributed by atoms with Gasteiger partial charge in [-0.25, -0.2) is 0 Å². The van der Waals surface area contributed by atoms with Gasteiger partial charge in [0.25, 0.3) is 0 Å². The minimum Gasteiger partial charge on any atom is -0.356 e. The molecule has 0 bridgehead atoms. The first-order valence-electron chi connectivity index (χ1n) is 9.65. The van der Waals surface area contributed by atoms with Crippen molar-refractivity contribution in [3.63, 3.8) is 0 Å². The molecule has 0 aliphatic rings. The van der Waals surface area contributed by atoms with Crippen molar-refractivity contribution >= 4 is 17.7 Å². The second-order valence-electron chi connectivity index (χ2n) is 5.94. The molecule has 9 nitrogen and oxygen atoms in total. The molecule has 0 spiro atoms. The Kier molecular flexibility index (Phi) is 29.5. The van der Waals surface area contributed by atoms with E-state index in [1.54, 1.807) is 0 Å². The molecule has 0 fully saturated rings. The summed E-state index contributed by atoms with van der Waals surface area (Å²) in [5.41, 5.74) is 15.7. The predicted molar refractivity (Wildman–Crippen MR) is 111 cm³/mol. The van der Waals surface area contributed by atoms with Gasteiger partial charge in [-0.1, -0.05) is 6.42 Å². The Bertz CT molecular complexity index is 354. The van der Waals surface area contributed by atoms with E-state index in [1.807, 2.05) is 0 Å². The third-order valence-electron chi connectivity index (χ3n) is 3.01. The molecule has 0 radical (unpaired) electrons. The first-order chi connectivity index (χ1) is 12.8. The molecule has 0 aromatic heterocycles. The van der Waals surface area contributed by atoms with Gasteiger partial charge in [-0.05, 0) is 51.7 Å². The van der Waals surface area contributed by atoms with Gasteiger partial charge in [-0.15, -0.1) is 0 Å². The lowest BCUT2D eigenvalue weighted by atomic mass is 10.2. The van der Waals surface area contributed by atoms with Gasteiger partial charge in [0, 0.05) is 40.4 Å². The standard InChI is InChI=1S/C7H16N2O.C6H14N2O.C5H12N2O/c1-7(10)9-6-4-2-3-5-8;1-6(9)8-5-3-2-4-7;1-5(8)7-4-2-3-6/h2-6,8H2,1H3,(H,9,10);2-5,7H2,1H3,(H,8,9);2-4,6H2,1H3,(H,7,8). The fourth-order valence-electron chi connectivity index (χ4n) is 1.61. The van der Waals surface area contributed by atoms with Crippen molar-refractivity contribution in [3.05, 3.63) is 0 Å². The number of unbranched alkanes of at least 4 members (excludes halogenated alkanes) is 3. The maximum Gasteiger partial charge on any atom is 0.216 e. The molecule has 0 saturated heterocycles.